The molecule has 2 rings (SSSR count). The van der Waals surface area contributed by atoms with E-state index < -0.39 is 17.5 Å². The summed E-state index contributed by atoms with van der Waals surface area (Å²) in [5.74, 6) is -2.69. The predicted octanol–water partition coefficient (Wildman–Crippen LogP) is 3.56. The second-order valence-corrected chi connectivity index (χ2v) is 4.74. The van der Waals surface area contributed by atoms with Gasteiger partial charge in [-0.15, -0.1) is 0 Å². The highest BCUT2D eigenvalue weighted by Crippen LogP contribution is 2.20. The molecule has 0 aliphatic carbocycles. The van der Waals surface area contributed by atoms with Gasteiger partial charge in [0.1, 0.15) is 0 Å². The molecule has 0 saturated carbocycles. The third-order valence-corrected chi connectivity index (χ3v) is 2.84. The number of nitrogens with one attached hydrogen (secondary N) is 1. The first-order valence-corrected chi connectivity index (χ1v) is 6.08. The van der Waals surface area contributed by atoms with E-state index in [0.29, 0.717) is 10.2 Å². The van der Waals surface area contributed by atoms with Gasteiger partial charge < -0.3 is 11.1 Å². The lowest BCUT2D eigenvalue weighted by Crippen LogP contribution is -2.13. The fraction of sp³-hybridized carbons (Fsp3) is 0. The number of nitrogens with two attached hydrogens (primary N) is 1. The largest absolute Gasteiger partial charge is 0.399 e. The smallest absolute Gasteiger partial charge is 0.255 e. The van der Waals surface area contributed by atoms with Crippen LogP contribution >= 0.6 is 15.9 Å². The van der Waals surface area contributed by atoms with Crippen molar-refractivity contribution in [2.45, 2.75) is 0 Å². The molecule has 3 N–H and O–H groups in total. The quantitative estimate of drug-likeness (QED) is 0.829. The van der Waals surface area contributed by atoms with Crippen molar-refractivity contribution in [2.24, 2.45) is 0 Å². The number of amides is 1. The fourth-order valence-corrected chi connectivity index (χ4v) is 2.05. The molecule has 0 saturated heterocycles. The van der Waals surface area contributed by atoms with Crippen molar-refractivity contribution in [1.29, 1.82) is 0 Å². The summed E-state index contributed by atoms with van der Waals surface area (Å²) < 4.78 is 27.0. The first-order valence-electron chi connectivity index (χ1n) is 5.29. The van der Waals surface area contributed by atoms with Gasteiger partial charge in [0.25, 0.3) is 5.91 Å². The molecule has 98 valence electrons. The van der Waals surface area contributed by atoms with Crippen molar-refractivity contribution in [2.75, 3.05) is 11.1 Å². The summed E-state index contributed by atoms with van der Waals surface area (Å²) >= 11 is 3.20. The van der Waals surface area contributed by atoms with Crippen LogP contribution in [0.3, 0.4) is 0 Å². The van der Waals surface area contributed by atoms with Gasteiger partial charge in [-0.05, 0) is 30.3 Å². The zero-order valence-electron chi connectivity index (χ0n) is 9.58. The number of halogens is 3. The number of anilines is 2. The highest BCUT2D eigenvalue weighted by atomic mass is 79.9. The molecule has 2 aromatic carbocycles. The average molecular weight is 327 g/mol. The molecule has 0 radical (unpaired) electrons. The molecule has 0 aliphatic heterocycles. The Morgan fingerprint density at radius 3 is 2.63 bits per heavy atom. The molecule has 0 atom stereocenters. The van der Waals surface area contributed by atoms with Gasteiger partial charge in [-0.3, -0.25) is 4.79 Å². The molecule has 0 spiro atoms. The van der Waals surface area contributed by atoms with Crippen LogP contribution in [-0.4, -0.2) is 5.91 Å². The minimum absolute atomic E-state index is 0.219. The second-order valence-electron chi connectivity index (χ2n) is 3.83. The third kappa shape index (κ3) is 3.08. The van der Waals surface area contributed by atoms with E-state index in [-0.39, 0.29) is 11.3 Å². The van der Waals surface area contributed by atoms with Crippen LogP contribution in [0, 0.1) is 11.6 Å². The molecule has 19 heavy (non-hydrogen) atoms. The maximum absolute atomic E-state index is 13.4. The number of benzene rings is 2. The molecule has 6 heteroatoms. The van der Waals surface area contributed by atoms with E-state index in [1.807, 2.05) is 0 Å². The summed E-state index contributed by atoms with van der Waals surface area (Å²) in [6.07, 6.45) is 0. The first-order chi connectivity index (χ1) is 8.97. The Bertz CT molecular complexity index is 626. The van der Waals surface area contributed by atoms with Gasteiger partial charge in [0.2, 0.25) is 0 Å². The molecule has 0 fully saturated rings. The van der Waals surface area contributed by atoms with Crippen LogP contribution in [0.1, 0.15) is 10.4 Å². The molecule has 0 bridgehead atoms. The van der Waals surface area contributed by atoms with Crippen molar-refractivity contribution < 1.29 is 13.6 Å². The van der Waals surface area contributed by atoms with Crippen molar-refractivity contribution in [1.82, 2.24) is 0 Å². The van der Waals surface area contributed by atoms with E-state index in [2.05, 4.69) is 21.2 Å². The zero-order valence-corrected chi connectivity index (χ0v) is 11.2. The number of carbonyl (C=O) groups excluding carboxylic acids is 1. The lowest BCUT2D eigenvalue weighted by Gasteiger charge is -2.07. The fourth-order valence-electron chi connectivity index (χ4n) is 1.54. The topological polar surface area (TPSA) is 55.1 Å². The van der Waals surface area contributed by atoms with Crippen LogP contribution in [-0.2, 0) is 0 Å². The van der Waals surface area contributed by atoms with Gasteiger partial charge >= 0.3 is 0 Å². The molecule has 2 aromatic rings. The van der Waals surface area contributed by atoms with E-state index in [4.69, 9.17) is 5.73 Å². The molecule has 1 amide bonds. The highest BCUT2D eigenvalue weighted by Gasteiger charge is 2.12. The maximum Gasteiger partial charge on any atom is 0.255 e. The standard InChI is InChI=1S/C13H9BrF2N2O/c14-8-4-7(5-9(17)6-8)13(19)18-11-3-1-2-10(15)12(11)16/h1-6H,17H2,(H,18,19). The molecular formula is C13H9BrF2N2O. The van der Waals surface area contributed by atoms with Crippen LogP contribution in [0.2, 0.25) is 0 Å². The average Bonchev–Trinajstić information content (AvgIpc) is 2.33. The summed E-state index contributed by atoms with van der Waals surface area (Å²) in [7, 11) is 0. The Morgan fingerprint density at radius 1 is 1.21 bits per heavy atom. The summed E-state index contributed by atoms with van der Waals surface area (Å²) in [5, 5.41) is 2.29. The summed E-state index contributed by atoms with van der Waals surface area (Å²) in [4.78, 5) is 11.9. The molecule has 0 heterocycles. The third-order valence-electron chi connectivity index (χ3n) is 2.38. The van der Waals surface area contributed by atoms with Crippen LogP contribution < -0.4 is 11.1 Å². The van der Waals surface area contributed by atoms with Gasteiger partial charge in [-0.1, -0.05) is 22.0 Å². The number of hydrogen-bond acceptors (Lipinski definition) is 2. The number of nitrogen functional groups attached to an aromatic ring is 1. The van der Waals surface area contributed by atoms with Crippen molar-refractivity contribution in [3.63, 3.8) is 0 Å². The lowest BCUT2D eigenvalue weighted by molar-refractivity contribution is 0.102. The van der Waals surface area contributed by atoms with Crippen molar-refractivity contribution in [3.8, 4) is 0 Å². The number of carbonyl (C=O) groups is 1. The SMILES string of the molecule is Nc1cc(Br)cc(C(=O)Nc2cccc(F)c2F)c1. The maximum atomic E-state index is 13.4. The summed E-state index contributed by atoms with van der Waals surface area (Å²) in [6.45, 7) is 0. The predicted molar refractivity (Wildman–Crippen MR) is 72.9 cm³/mol. The number of hydrogen-bond donors (Lipinski definition) is 2. The van der Waals surface area contributed by atoms with E-state index in [0.717, 1.165) is 6.07 Å². The second kappa shape index (κ2) is 5.36. The van der Waals surface area contributed by atoms with Gasteiger partial charge in [-0.2, -0.15) is 0 Å². The molecule has 0 aliphatic rings. The first kappa shape index (κ1) is 13.5. The van der Waals surface area contributed by atoms with Crippen molar-refractivity contribution in [3.05, 3.63) is 58.1 Å². The Balaban J connectivity index is 2.28. The summed E-state index contributed by atoms with van der Waals surface area (Å²) in [5.41, 5.74) is 6.02. The lowest BCUT2D eigenvalue weighted by atomic mass is 10.2. The minimum atomic E-state index is -1.10. The Hall–Kier alpha value is -1.95. The van der Waals surface area contributed by atoms with E-state index in [9.17, 15) is 13.6 Å². The van der Waals surface area contributed by atoms with Crippen LogP contribution in [0.5, 0.6) is 0 Å². The zero-order chi connectivity index (χ0) is 14.0. The van der Waals surface area contributed by atoms with E-state index in [1.54, 1.807) is 6.07 Å². The monoisotopic (exact) mass is 326 g/mol. The van der Waals surface area contributed by atoms with Crippen molar-refractivity contribution >= 4 is 33.2 Å². The molecule has 0 aromatic heterocycles. The van der Waals surface area contributed by atoms with Gasteiger partial charge in [0, 0.05) is 15.7 Å². The number of rotatable bonds is 2. The Morgan fingerprint density at radius 2 is 1.95 bits per heavy atom. The Labute approximate surface area is 116 Å². The highest BCUT2D eigenvalue weighted by molar-refractivity contribution is 9.10. The van der Waals surface area contributed by atoms with Gasteiger partial charge in [0.15, 0.2) is 11.6 Å². The van der Waals surface area contributed by atoms with Crippen LogP contribution in [0.25, 0.3) is 0 Å². The van der Waals surface area contributed by atoms with E-state index >= 15 is 0 Å². The molecular weight excluding hydrogens is 318 g/mol. The van der Waals surface area contributed by atoms with Crippen LogP contribution in [0.15, 0.2) is 40.9 Å². The summed E-state index contributed by atoms with van der Waals surface area (Å²) in [6, 6.07) is 8.16. The van der Waals surface area contributed by atoms with E-state index in [1.165, 1.54) is 24.3 Å². The van der Waals surface area contributed by atoms with Crippen LogP contribution in [0.4, 0.5) is 20.2 Å². The Kier molecular flexibility index (Phi) is 3.80. The molecule has 3 nitrogen and oxygen atoms in total. The normalized spacial score (nSPS) is 10.3. The van der Waals surface area contributed by atoms with Gasteiger partial charge in [-0.25, -0.2) is 8.78 Å². The molecule has 0 unspecified atom stereocenters. The van der Waals surface area contributed by atoms with Gasteiger partial charge in [0.05, 0.1) is 5.69 Å². The minimum Gasteiger partial charge on any atom is -0.399 e.